The zero-order chi connectivity index (χ0) is 15.7. The van der Waals surface area contributed by atoms with Gasteiger partial charge in [0.2, 0.25) is 0 Å². The molecule has 0 radical (unpaired) electrons. The third-order valence-corrected chi connectivity index (χ3v) is 3.44. The van der Waals surface area contributed by atoms with Crippen LogP contribution in [0.5, 0.6) is 0 Å². The van der Waals surface area contributed by atoms with Crippen molar-refractivity contribution < 1.29 is 27.9 Å². The molecule has 1 atom stereocenters. The Bertz CT molecular complexity index is 845. The van der Waals surface area contributed by atoms with E-state index in [1.807, 2.05) is 0 Å². The molecule has 112 valence electrons. The molecule has 0 aliphatic carbocycles. The molecule has 0 saturated carbocycles. The second-order valence-electron chi connectivity index (χ2n) is 4.82. The Hall–Kier alpha value is -2.89. The highest BCUT2D eigenvalue weighted by Gasteiger charge is 2.24. The quantitative estimate of drug-likeness (QED) is 0.728. The lowest BCUT2D eigenvalue weighted by Crippen LogP contribution is -2.11. The highest BCUT2D eigenvalue weighted by atomic mass is 19.1. The molecule has 22 heavy (non-hydrogen) atoms. The van der Waals surface area contributed by atoms with Crippen LogP contribution >= 0.6 is 0 Å². The molecule has 0 fully saturated rings. The summed E-state index contributed by atoms with van der Waals surface area (Å²) in [6, 6.07) is 5.72. The number of benzene rings is 1. The third-order valence-electron chi connectivity index (χ3n) is 3.44. The zero-order valence-corrected chi connectivity index (χ0v) is 11.3. The van der Waals surface area contributed by atoms with Crippen molar-refractivity contribution in [3.05, 3.63) is 48.4 Å². The standard InChI is InChI=1S/C16H11FO5/c17-10-1-2-11-13(8-22-15(11)6-10)9-5-14(21-7-9)12(3-4-18)16(19)20/h1-2,4-8,12H,3H2,(H,19,20). The average Bonchev–Trinajstić information content (AvgIpc) is 3.10. The summed E-state index contributed by atoms with van der Waals surface area (Å²) in [7, 11) is 0. The second-order valence-corrected chi connectivity index (χ2v) is 4.82. The summed E-state index contributed by atoms with van der Waals surface area (Å²) < 4.78 is 23.7. The van der Waals surface area contributed by atoms with Crippen LogP contribution < -0.4 is 0 Å². The summed E-state index contributed by atoms with van der Waals surface area (Å²) in [5.74, 6) is -2.38. The smallest absolute Gasteiger partial charge is 0.314 e. The monoisotopic (exact) mass is 302 g/mol. The molecule has 2 heterocycles. The van der Waals surface area contributed by atoms with Crippen molar-refractivity contribution >= 4 is 23.2 Å². The van der Waals surface area contributed by atoms with E-state index >= 15 is 0 Å². The second kappa shape index (κ2) is 5.48. The average molecular weight is 302 g/mol. The molecule has 0 bridgehead atoms. The summed E-state index contributed by atoms with van der Waals surface area (Å²) in [5, 5.41) is 9.81. The van der Waals surface area contributed by atoms with E-state index < -0.39 is 17.7 Å². The highest BCUT2D eigenvalue weighted by Crippen LogP contribution is 2.34. The molecular weight excluding hydrogens is 291 g/mol. The van der Waals surface area contributed by atoms with Crippen molar-refractivity contribution in [2.45, 2.75) is 12.3 Å². The molecule has 1 N–H and O–H groups in total. The normalized spacial score (nSPS) is 12.4. The van der Waals surface area contributed by atoms with Crippen LogP contribution in [0.1, 0.15) is 18.1 Å². The summed E-state index contributed by atoms with van der Waals surface area (Å²) in [5.41, 5.74) is 1.66. The molecule has 0 aliphatic rings. The number of hydrogen-bond acceptors (Lipinski definition) is 4. The fraction of sp³-hybridized carbons (Fsp3) is 0.125. The van der Waals surface area contributed by atoms with Crippen LogP contribution in [0.2, 0.25) is 0 Å². The number of carbonyl (C=O) groups is 2. The number of hydrogen-bond donors (Lipinski definition) is 1. The van der Waals surface area contributed by atoms with Crippen LogP contribution in [0.4, 0.5) is 4.39 Å². The molecule has 0 saturated heterocycles. The predicted octanol–water partition coefficient (Wildman–Crippen LogP) is 3.59. The van der Waals surface area contributed by atoms with Crippen LogP contribution in [0.25, 0.3) is 22.1 Å². The number of carboxylic acids is 1. The van der Waals surface area contributed by atoms with Crippen molar-refractivity contribution in [3.63, 3.8) is 0 Å². The first-order chi connectivity index (χ1) is 10.6. The third kappa shape index (κ3) is 2.39. The number of carbonyl (C=O) groups excluding carboxylic acids is 1. The van der Waals surface area contributed by atoms with Crippen molar-refractivity contribution in [2.75, 3.05) is 0 Å². The van der Waals surface area contributed by atoms with Gasteiger partial charge in [0.15, 0.2) is 0 Å². The molecule has 1 unspecified atom stereocenters. The van der Waals surface area contributed by atoms with E-state index in [0.717, 1.165) is 0 Å². The number of aliphatic carboxylic acids is 1. The summed E-state index contributed by atoms with van der Waals surface area (Å²) in [6.07, 6.45) is 3.22. The molecule has 3 aromatic rings. The molecule has 2 aromatic heterocycles. The zero-order valence-electron chi connectivity index (χ0n) is 11.3. The van der Waals surface area contributed by atoms with E-state index in [0.29, 0.717) is 28.4 Å². The van der Waals surface area contributed by atoms with Gasteiger partial charge in [-0.25, -0.2) is 4.39 Å². The molecule has 6 heteroatoms. The fourth-order valence-electron chi connectivity index (χ4n) is 2.34. The van der Waals surface area contributed by atoms with Crippen molar-refractivity contribution in [1.29, 1.82) is 0 Å². The van der Waals surface area contributed by atoms with Gasteiger partial charge in [-0.2, -0.15) is 0 Å². The maximum absolute atomic E-state index is 13.2. The molecule has 1 aromatic carbocycles. The van der Waals surface area contributed by atoms with E-state index in [9.17, 15) is 14.0 Å². The Morgan fingerprint density at radius 2 is 2.09 bits per heavy atom. The van der Waals surface area contributed by atoms with Gasteiger partial charge < -0.3 is 18.7 Å². The van der Waals surface area contributed by atoms with Gasteiger partial charge in [0.05, 0.1) is 12.5 Å². The van der Waals surface area contributed by atoms with E-state index in [2.05, 4.69) is 0 Å². The van der Waals surface area contributed by atoms with Gasteiger partial charge in [0.1, 0.15) is 29.4 Å². The minimum absolute atomic E-state index is 0.167. The highest BCUT2D eigenvalue weighted by molar-refractivity contribution is 5.94. The maximum Gasteiger partial charge on any atom is 0.314 e. The van der Waals surface area contributed by atoms with Crippen LogP contribution in [-0.4, -0.2) is 17.4 Å². The van der Waals surface area contributed by atoms with Gasteiger partial charge in [-0.1, -0.05) is 0 Å². The SMILES string of the molecule is O=CCC(C(=O)O)c1cc(-c2coc3cc(F)ccc23)co1. The largest absolute Gasteiger partial charge is 0.481 e. The number of furan rings is 2. The van der Waals surface area contributed by atoms with Crippen molar-refractivity contribution in [2.24, 2.45) is 0 Å². The molecule has 3 rings (SSSR count). The molecule has 0 amide bonds. The molecule has 0 spiro atoms. The predicted molar refractivity (Wildman–Crippen MR) is 74.9 cm³/mol. The first kappa shape index (κ1) is 14.1. The topological polar surface area (TPSA) is 80.7 Å². The fourth-order valence-corrected chi connectivity index (χ4v) is 2.34. The van der Waals surface area contributed by atoms with E-state index in [1.54, 1.807) is 12.1 Å². The number of fused-ring (bicyclic) bond motifs is 1. The minimum atomic E-state index is -1.13. The van der Waals surface area contributed by atoms with Crippen molar-refractivity contribution in [3.8, 4) is 11.1 Å². The number of carboxylic acid groups (broad SMARTS) is 1. The number of halogens is 1. The lowest BCUT2D eigenvalue weighted by molar-refractivity contribution is -0.140. The Morgan fingerprint density at radius 1 is 1.27 bits per heavy atom. The van der Waals surface area contributed by atoms with Crippen LogP contribution in [0, 0.1) is 5.82 Å². The molecular formula is C16H11FO5. The Kier molecular flexibility index (Phi) is 3.50. The van der Waals surface area contributed by atoms with Gasteiger partial charge in [-0.05, 0) is 18.2 Å². The van der Waals surface area contributed by atoms with Gasteiger partial charge in [-0.15, -0.1) is 0 Å². The van der Waals surface area contributed by atoms with Crippen LogP contribution in [-0.2, 0) is 9.59 Å². The molecule has 0 aliphatic heterocycles. The van der Waals surface area contributed by atoms with Gasteiger partial charge in [0, 0.05) is 29.0 Å². The number of rotatable bonds is 5. The van der Waals surface area contributed by atoms with Crippen LogP contribution in [0.15, 0.2) is 45.6 Å². The van der Waals surface area contributed by atoms with Crippen LogP contribution in [0.3, 0.4) is 0 Å². The lowest BCUT2D eigenvalue weighted by Gasteiger charge is -2.03. The van der Waals surface area contributed by atoms with Gasteiger partial charge in [-0.3, -0.25) is 4.79 Å². The summed E-state index contributed by atoms with van der Waals surface area (Å²) >= 11 is 0. The maximum atomic E-state index is 13.2. The van der Waals surface area contributed by atoms with Gasteiger partial charge >= 0.3 is 5.97 Å². The first-order valence-corrected chi connectivity index (χ1v) is 6.52. The summed E-state index contributed by atoms with van der Waals surface area (Å²) in [4.78, 5) is 21.7. The Labute approximate surface area is 124 Å². The Balaban J connectivity index is 2.02. The van der Waals surface area contributed by atoms with Crippen molar-refractivity contribution in [1.82, 2.24) is 0 Å². The summed E-state index contributed by atoms with van der Waals surface area (Å²) in [6.45, 7) is 0. The molecule has 5 nitrogen and oxygen atoms in total. The van der Waals surface area contributed by atoms with E-state index in [4.69, 9.17) is 13.9 Å². The first-order valence-electron chi connectivity index (χ1n) is 6.52. The number of aldehydes is 1. The van der Waals surface area contributed by atoms with E-state index in [-0.39, 0.29) is 12.2 Å². The van der Waals surface area contributed by atoms with Gasteiger partial charge in [0.25, 0.3) is 0 Å². The lowest BCUT2D eigenvalue weighted by atomic mass is 10.0. The Morgan fingerprint density at radius 3 is 2.82 bits per heavy atom. The minimum Gasteiger partial charge on any atom is -0.481 e. The van der Waals surface area contributed by atoms with E-state index in [1.165, 1.54) is 24.7 Å².